The molecule has 1 heterocycles. The van der Waals surface area contributed by atoms with Gasteiger partial charge in [0.2, 0.25) is 0 Å². The summed E-state index contributed by atoms with van der Waals surface area (Å²) in [6.07, 6.45) is 4.40. The number of nitrogens with one attached hydrogen (secondary N) is 2. The zero-order valence-corrected chi connectivity index (χ0v) is 16.4. The van der Waals surface area contributed by atoms with Crippen LogP contribution in [0.1, 0.15) is 38.3 Å². The Balaban J connectivity index is 1.92. The van der Waals surface area contributed by atoms with Crippen molar-refractivity contribution in [2.45, 2.75) is 39.7 Å². The SMILES string of the molecule is CCCNC(=O)NC(=O)COC(=O)/C=C/c1cc2c(cc1OCC)C[C@H](C)O2. The number of ether oxygens (including phenoxy) is 3. The Morgan fingerprint density at radius 2 is 2.07 bits per heavy atom. The number of carbonyl (C=O) groups is 3. The summed E-state index contributed by atoms with van der Waals surface area (Å²) in [5, 5.41) is 4.56. The Morgan fingerprint density at radius 1 is 1.29 bits per heavy atom. The molecule has 1 aliphatic heterocycles. The van der Waals surface area contributed by atoms with Crippen molar-refractivity contribution >= 4 is 24.0 Å². The molecule has 28 heavy (non-hydrogen) atoms. The molecule has 1 aliphatic rings. The molecule has 2 N–H and O–H groups in total. The summed E-state index contributed by atoms with van der Waals surface area (Å²) in [5.41, 5.74) is 1.74. The molecule has 0 fully saturated rings. The normalized spacial score (nSPS) is 14.9. The zero-order chi connectivity index (χ0) is 20.5. The third kappa shape index (κ3) is 6.29. The lowest BCUT2D eigenvalue weighted by Gasteiger charge is -2.10. The number of fused-ring (bicyclic) bond motifs is 1. The van der Waals surface area contributed by atoms with E-state index in [0.717, 1.165) is 24.2 Å². The van der Waals surface area contributed by atoms with Crippen molar-refractivity contribution < 1.29 is 28.6 Å². The van der Waals surface area contributed by atoms with Crippen LogP contribution in [-0.2, 0) is 20.7 Å². The van der Waals surface area contributed by atoms with Crippen LogP contribution in [0.25, 0.3) is 6.08 Å². The van der Waals surface area contributed by atoms with E-state index in [1.807, 2.05) is 32.9 Å². The van der Waals surface area contributed by atoms with E-state index in [1.54, 1.807) is 6.08 Å². The molecule has 0 spiro atoms. The highest BCUT2D eigenvalue weighted by atomic mass is 16.5. The molecule has 0 aliphatic carbocycles. The number of urea groups is 1. The van der Waals surface area contributed by atoms with Gasteiger partial charge < -0.3 is 19.5 Å². The zero-order valence-electron chi connectivity index (χ0n) is 16.4. The predicted octanol–water partition coefficient (Wildman–Crippen LogP) is 2.20. The largest absolute Gasteiger partial charge is 0.493 e. The quantitative estimate of drug-likeness (QED) is 0.521. The highest BCUT2D eigenvalue weighted by Crippen LogP contribution is 2.35. The average molecular weight is 390 g/mol. The molecule has 1 aromatic rings. The molecule has 0 aromatic heterocycles. The topological polar surface area (TPSA) is 103 Å². The number of esters is 1. The predicted molar refractivity (Wildman–Crippen MR) is 103 cm³/mol. The van der Waals surface area contributed by atoms with Crippen LogP contribution in [0, 0.1) is 0 Å². The van der Waals surface area contributed by atoms with Gasteiger partial charge in [-0.15, -0.1) is 0 Å². The second kappa shape index (κ2) is 10.3. The van der Waals surface area contributed by atoms with Crippen molar-refractivity contribution in [1.29, 1.82) is 0 Å². The van der Waals surface area contributed by atoms with Gasteiger partial charge in [-0.2, -0.15) is 0 Å². The van der Waals surface area contributed by atoms with Gasteiger partial charge in [-0.05, 0) is 38.5 Å². The van der Waals surface area contributed by atoms with Gasteiger partial charge in [0.25, 0.3) is 5.91 Å². The maximum Gasteiger partial charge on any atom is 0.331 e. The summed E-state index contributed by atoms with van der Waals surface area (Å²) >= 11 is 0. The van der Waals surface area contributed by atoms with Crippen molar-refractivity contribution in [3.05, 3.63) is 29.3 Å². The standard InChI is InChI=1S/C20H26N2O6/c1-4-8-21-20(25)22-18(23)12-27-19(24)7-6-14-10-17-15(9-13(3)28-17)11-16(14)26-5-2/h6-7,10-11,13H,4-5,8-9,12H2,1-3H3,(H2,21,22,23,25)/b7-6+/t13-/m0/s1. The van der Waals surface area contributed by atoms with E-state index in [9.17, 15) is 14.4 Å². The van der Waals surface area contributed by atoms with E-state index in [0.29, 0.717) is 24.5 Å². The fraction of sp³-hybridized carbons (Fsp3) is 0.450. The van der Waals surface area contributed by atoms with Crippen LogP contribution in [0.3, 0.4) is 0 Å². The monoisotopic (exact) mass is 390 g/mol. The second-order valence-electron chi connectivity index (χ2n) is 6.31. The first kappa shape index (κ1) is 21.3. The van der Waals surface area contributed by atoms with Crippen LogP contribution in [0.4, 0.5) is 4.79 Å². The smallest absolute Gasteiger partial charge is 0.331 e. The van der Waals surface area contributed by atoms with Gasteiger partial charge in [-0.3, -0.25) is 10.1 Å². The Hall–Kier alpha value is -3.03. The minimum atomic E-state index is -0.707. The first-order valence-corrected chi connectivity index (χ1v) is 9.31. The summed E-state index contributed by atoms with van der Waals surface area (Å²) in [4.78, 5) is 34.8. The molecular weight excluding hydrogens is 364 g/mol. The molecule has 3 amide bonds. The molecule has 152 valence electrons. The molecule has 0 bridgehead atoms. The van der Waals surface area contributed by atoms with Crippen LogP contribution >= 0.6 is 0 Å². The van der Waals surface area contributed by atoms with E-state index in [-0.39, 0.29) is 6.10 Å². The summed E-state index contributed by atoms with van der Waals surface area (Å²) in [6.45, 7) is 6.14. The molecule has 1 atom stereocenters. The molecule has 0 saturated carbocycles. The van der Waals surface area contributed by atoms with E-state index < -0.39 is 24.5 Å². The Labute approximate surface area is 164 Å². The summed E-state index contributed by atoms with van der Waals surface area (Å²) in [6, 6.07) is 3.11. The molecular formula is C20H26N2O6. The van der Waals surface area contributed by atoms with Crippen molar-refractivity contribution in [2.75, 3.05) is 19.8 Å². The number of rotatable bonds is 8. The molecule has 1 aromatic carbocycles. The Bertz CT molecular complexity index is 759. The lowest BCUT2D eigenvalue weighted by atomic mass is 10.1. The van der Waals surface area contributed by atoms with Gasteiger partial charge >= 0.3 is 12.0 Å². The fourth-order valence-electron chi connectivity index (χ4n) is 2.65. The van der Waals surface area contributed by atoms with E-state index in [2.05, 4.69) is 10.6 Å². The summed E-state index contributed by atoms with van der Waals surface area (Å²) in [7, 11) is 0. The van der Waals surface area contributed by atoms with E-state index in [4.69, 9.17) is 14.2 Å². The van der Waals surface area contributed by atoms with Gasteiger partial charge in [0, 0.05) is 30.2 Å². The third-order valence-electron chi connectivity index (χ3n) is 3.86. The summed E-state index contributed by atoms with van der Waals surface area (Å²) in [5.74, 6) is 0.00130. The average Bonchev–Trinajstić information content (AvgIpc) is 3.01. The van der Waals surface area contributed by atoms with Crippen molar-refractivity contribution in [3.8, 4) is 11.5 Å². The lowest BCUT2D eigenvalue weighted by molar-refractivity contribution is -0.143. The molecule has 0 unspecified atom stereocenters. The molecule has 2 rings (SSSR count). The third-order valence-corrected chi connectivity index (χ3v) is 3.86. The van der Waals surface area contributed by atoms with Crippen molar-refractivity contribution in [2.24, 2.45) is 0 Å². The van der Waals surface area contributed by atoms with Gasteiger partial charge in [0.1, 0.15) is 17.6 Å². The van der Waals surface area contributed by atoms with E-state index >= 15 is 0 Å². The van der Waals surface area contributed by atoms with Gasteiger partial charge in [0.15, 0.2) is 6.61 Å². The van der Waals surface area contributed by atoms with Crippen LogP contribution in [0.2, 0.25) is 0 Å². The number of imide groups is 1. The first-order valence-electron chi connectivity index (χ1n) is 9.31. The fourth-order valence-corrected chi connectivity index (χ4v) is 2.65. The highest BCUT2D eigenvalue weighted by molar-refractivity contribution is 5.96. The number of hydrogen-bond donors (Lipinski definition) is 2. The van der Waals surface area contributed by atoms with Crippen molar-refractivity contribution in [3.63, 3.8) is 0 Å². The number of carbonyl (C=O) groups excluding carboxylic acids is 3. The number of amides is 3. The number of hydrogen-bond acceptors (Lipinski definition) is 6. The molecule has 0 radical (unpaired) electrons. The second-order valence-corrected chi connectivity index (χ2v) is 6.31. The molecule has 8 nitrogen and oxygen atoms in total. The molecule has 0 saturated heterocycles. The van der Waals surface area contributed by atoms with Gasteiger partial charge in [-0.25, -0.2) is 9.59 Å². The van der Waals surface area contributed by atoms with Gasteiger partial charge in [-0.1, -0.05) is 6.92 Å². The number of benzene rings is 1. The Morgan fingerprint density at radius 3 is 2.79 bits per heavy atom. The minimum Gasteiger partial charge on any atom is -0.493 e. The first-order chi connectivity index (χ1) is 13.4. The Kier molecular flexibility index (Phi) is 7.86. The highest BCUT2D eigenvalue weighted by Gasteiger charge is 2.21. The maximum atomic E-state index is 11.9. The minimum absolute atomic E-state index is 0.0988. The van der Waals surface area contributed by atoms with Crippen LogP contribution in [0.15, 0.2) is 18.2 Å². The lowest BCUT2D eigenvalue weighted by Crippen LogP contribution is -2.41. The van der Waals surface area contributed by atoms with Crippen LogP contribution in [0.5, 0.6) is 11.5 Å². The maximum absolute atomic E-state index is 11.9. The van der Waals surface area contributed by atoms with Gasteiger partial charge in [0.05, 0.1) is 6.61 Å². The summed E-state index contributed by atoms with van der Waals surface area (Å²) < 4.78 is 16.2. The van der Waals surface area contributed by atoms with E-state index in [1.165, 1.54) is 6.08 Å². The van der Waals surface area contributed by atoms with Crippen LogP contribution < -0.4 is 20.1 Å². The van der Waals surface area contributed by atoms with Crippen LogP contribution in [-0.4, -0.2) is 43.8 Å². The molecule has 8 heteroatoms. The van der Waals surface area contributed by atoms with Crippen molar-refractivity contribution in [1.82, 2.24) is 10.6 Å².